The Labute approximate surface area is 91.0 Å². The van der Waals surface area contributed by atoms with Gasteiger partial charge in [-0.2, -0.15) is 5.26 Å². The fourth-order valence-corrected chi connectivity index (χ4v) is 1.67. The Hall–Kier alpha value is -1.80. The van der Waals surface area contributed by atoms with Crippen molar-refractivity contribution in [2.45, 2.75) is 32.7 Å². The highest BCUT2D eigenvalue weighted by Crippen LogP contribution is 2.25. The lowest BCUT2D eigenvalue weighted by Crippen LogP contribution is -2.11. The van der Waals surface area contributed by atoms with Gasteiger partial charge in [0.25, 0.3) is 0 Å². The predicted molar refractivity (Wildman–Crippen MR) is 60.3 cm³/mol. The first kappa shape index (κ1) is 11.3. The van der Waals surface area contributed by atoms with E-state index in [0.29, 0.717) is 0 Å². The molecule has 1 aromatic rings. The number of nitrogens with zero attached hydrogens (tertiary/aromatic N) is 2. The van der Waals surface area contributed by atoms with Crippen molar-refractivity contribution in [1.82, 2.24) is 0 Å². The molecule has 0 fully saturated rings. The lowest BCUT2D eigenvalue weighted by Gasteiger charge is -2.13. The minimum Gasteiger partial charge on any atom is -0.297 e. The molecule has 2 atom stereocenters. The van der Waals surface area contributed by atoms with Crippen LogP contribution in [0.3, 0.4) is 0 Å². The highest BCUT2D eigenvalue weighted by atomic mass is 14.7. The highest BCUT2D eigenvalue weighted by molar-refractivity contribution is 5.35. The summed E-state index contributed by atoms with van der Waals surface area (Å²) in [5.74, 6) is -0.0209. The van der Waals surface area contributed by atoms with Crippen molar-refractivity contribution in [2.24, 2.45) is 0 Å². The first-order chi connectivity index (χ1) is 7.10. The summed E-state index contributed by atoms with van der Waals surface area (Å²) in [5.41, 5.74) is 3.43. The van der Waals surface area contributed by atoms with Crippen molar-refractivity contribution in [2.75, 3.05) is 0 Å². The third-order valence-electron chi connectivity index (χ3n) is 2.67. The molecule has 15 heavy (non-hydrogen) atoms. The van der Waals surface area contributed by atoms with E-state index in [1.54, 1.807) is 0 Å². The summed E-state index contributed by atoms with van der Waals surface area (Å²) in [6, 6.07) is 7.62. The molecule has 2 heteroatoms. The molecular weight excluding hydrogens is 184 g/mol. The first-order valence-corrected chi connectivity index (χ1v) is 4.93. The van der Waals surface area contributed by atoms with Gasteiger partial charge in [0.2, 0.25) is 0 Å². The maximum absolute atomic E-state index is 8.85. The molecule has 0 aliphatic carbocycles. The minimum absolute atomic E-state index is 0.0209. The first-order valence-electron chi connectivity index (χ1n) is 4.93. The van der Waals surface area contributed by atoms with E-state index < -0.39 is 6.04 Å². The van der Waals surface area contributed by atoms with Crippen LogP contribution in [0, 0.1) is 31.8 Å². The number of benzene rings is 1. The number of hydrogen-bond donors (Lipinski definition) is 0. The molecule has 0 spiro atoms. The second kappa shape index (κ2) is 4.62. The van der Waals surface area contributed by atoms with E-state index in [2.05, 4.69) is 10.9 Å². The van der Waals surface area contributed by atoms with Crippen molar-refractivity contribution in [3.05, 3.63) is 46.3 Å². The van der Waals surface area contributed by atoms with E-state index >= 15 is 0 Å². The highest BCUT2D eigenvalue weighted by Gasteiger charge is 2.24. The van der Waals surface area contributed by atoms with Gasteiger partial charge in [-0.05, 0) is 31.9 Å². The van der Waals surface area contributed by atoms with Crippen molar-refractivity contribution < 1.29 is 0 Å². The number of nitriles is 1. The molecule has 76 valence electrons. The minimum atomic E-state index is -0.578. The van der Waals surface area contributed by atoms with Gasteiger partial charge in [-0.15, -0.1) is 0 Å². The van der Waals surface area contributed by atoms with E-state index in [1.807, 2.05) is 39.0 Å². The van der Waals surface area contributed by atoms with Crippen molar-refractivity contribution in [3.8, 4) is 6.07 Å². The van der Waals surface area contributed by atoms with Crippen LogP contribution in [0.2, 0.25) is 0 Å². The summed E-state index contributed by atoms with van der Waals surface area (Å²) in [4.78, 5) is 3.34. The van der Waals surface area contributed by atoms with Gasteiger partial charge in [-0.25, -0.2) is 6.57 Å². The number of hydrogen-bond acceptors (Lipinski definition) is 1. The molecule has 0 radical (unpaired) electrons. The largest absolute Gasteiger partial charge is 0.313 e. The molecule has 1 aromatic carbocycles. The fraction of sp³-hybridized carbons (Fsp3) is 0.385. The van der Waals surface area contributed by atoms with Gasteiger partial charge in [-0.1, -0.05) is 23.8 Å². The van der Waals surface area contributed by atoms with Gasteiger partial charge in [-0.3, -0.25) is 4.85 Å². The van der Waals surface area contributed by atoms with Crippen LogP contribution in [0.15, 0.2) is 18.2 Å². The van der Waals surface area contributed by atoms with Crippen molar-refractivity contribution in [3.63, 3.8) is 0 Å². The topological polar surface area (TPSA) is 28.1 Å². The summed E-state index contributed by atoms with van der Waals surface area (Å²) in [6.07, 6.45) is 0. The smallest absolute Gasteiger partial charge is 0.297 e. The standard InChI is InChI=1S/C13H14N2/c1-9-5-6-10(2)12(7-9)11(3)13(8-14)15-4/h5-7,11,13H,1-3H3. The van der Waals surface area contributed by atoms with Crippen LogP contribution >= 0.6 is 0 Å². The van der Waals surface area contributed by atoms with Crippen LogP contribution in [-0.4, -0.2) is 6.04 Å². The molecule has 2 nitrogen and oxygen atoms in total. The van der Waals surface area contributed by atoms with Gasteiger partial charge < -0.3 is 0 Å². The second-order valence-electron chi connectivity index (χ2n) is 3.85. The lowest BCUT2D eigenvalue weighted by atomic mass is 9.90. The molecule has 0 amide bonds. The van der Waals surface area contributed by atoms with Gasteiger partial charge in [0.05, 0.1) is 5.92 Å². The van der Waals surface area contributed by atoms with Crippen LogP contribution in [-0.2, 0) is 0 Å². The zero-order valence-electron chi connectivity index (χ0n) is 9.28. The third kappa shape index (κ3) is 2.36. The lowest BCUT2D eigenvalue weighted by molar-refractivity contribution is 0.737. The Bertz CT molecular complexity index is 421. The molecule has 0 bridgehead atoms. The quantitative estimate of drug-likeness (QED) is 0.670. The van der Waals surface area contributed by atoms with E-state index in [0.717, 1.165) is 11.1 Å². The van der Waals surface area contributed by atoms with Crippen LogP contribution in [0.25, 0.3) is 4.85 Å². The molecule has 2 unspecified atom stereocenters. The third-order valence-corrected chi connectivity index (χ3v) is 2.67. The normalized spacial score (nSPS) is 13.7. The molecule has 0 N–H and O–H groups in total. The maximum atomic E-state index is 8.85. The molecule has 0 aromatic heterocycles. The summed E-state index contributed by atoms with van der Waals surface area (Å²) in [7, 11) is 0. The van der Waals surface area contributed by atoms with Gasteiger partial charge in [0.1, 0.15) is 0 Å². The molecular formula is C13H14N2. The Morgan fingerprint density at radius 2 is 2.07 bits per heavy atom. The summed E-state index contributed by atoms with van der Waals surface area (Å²) >= 11 is 0. The Morgan fingerprint density at radius 1 is 1.40 bits per heavy atom. The molecule has 1 rings (SSSR count). The van der Waals surface area contributed by atoms with E-state index in [-0.39, 0.29) is 5.92 Å². The van der Waals surface area contributed by atoms with Crippen molar-refractivity contribution >= 4 is 0 Å². The van der Waals surface area contributed by atoms with Crippen LogP contribution in [0.1, 0.15) is 29.5 Å². The number of rotatable bonds is 2. The average molecular weight is 198 g/mol. The van der Waals surface area contributed by atoms with Crippen LogP contribution in [0.5, 0.6) is 0 Å². The Kier molecular flexibility index (Phi) is 3.47. The second-order valence-corrected chi connectivity index (χ2v) is 3.85. The molecule has 0 heterocycles. The molecule has 0 saturated heterocycles. The van der Waals surface area contributed by atoms with E-state index in [1.165, 1.54) is 5.56 Å². The Morgan fingerprint density at radius 3 is 2.60 bits per heavy atom. The SMILES string of the molecule is [C-]#[N+]C(C#N)C(C)c1cc(C)ccc1C. The zero-order valence-corrected chi connectivity index (χ0v) is 9.28. The number of aryl methyl sites for hydroxylation is 2. The van der Waals surface area contributed by atoms with E-state index in [4.69, 9.17) is 11.8 Å². The van der Waals surface area contributed by atoms with Crippen LogP contribution < -0.4 is 0 Å². The van der Waals surface area contributed by atoms with Crippen molar-refractivity contribution in [1.29, 1.82) is 5.26 Å². The summed E-state index contributed by atoms with van der Waals surface area (Å²) in [6.45, 7) is 12.9. The molecule has 0 aliphatic heterocycles. The summed E-state index contributed by atoms with van der Waals surface area (Å²) in [5, 5.41) is 8.85. The zero-order chi connectivity index (χ0) is 11.4. The van der Waals surface area contributed by atoms with Crippen LogP contribution in [0.4, 0.5) is 0 Å². The molecule has 0 saturated carbocycles. The fourth-order valence-electron chi connectivity index (χ4n) is 1.67. The Balaban J connectivity index is 3.12. The van der Waals surface area contributed by atoms with Gasteiger partial charge in [0, 0.05) is 0 Å². The van der Waals surface area contributed by atoms with E-state index in [9.17, 15) is 0 Å². The maximum Gasteiger partial charge on any atom is 0.313 e. The molecule has 0 aliphatic rings. The monoisotopic (exact) mass is 198 g/mol. The van der Waals surface area contributed by atoms with Gasteiger partial charge in [0.15, 0.2) is 6.07 Å². The predicted octanol–water partition coefficient (Wildman–Crippen LogP) is 3.22. The van der Waals surface area contributed by atoms with Gasteiger partial charge >= 0.3 is 6.04 Å². The summed E-state index contributed by atoms with van der Waals surface area (Å²) < 4.78 is 0. The average Bonchev–Trinajstić information content (AvgIpc) is 2.23.